The fourth-order valence-electron chi connectivity index (χ4n) is 3.00. The van der Waals surface area contributed by atoms with Gasteiger partial charge in [-0.25, -0.2) is 0 Å². The molecule has 0 aliphatic carbocycles. The number of anilines is 1. The minimum Gasteiger partial charge on any atom is -0.330 e. The molecule has 2 N–H and O–H groups in total. The van der Waals surface area contributed by atoms with E-state index in [1.165, 1.54) is 0 Å². The quantitative estimate of drug-likeness (QED) is 0.902. The number of carbonyl (C=O) groups excluding carboxylic acids is 1. The summed E-state index contributed by atoms with van der Waals surface area (Å²) in [5.41, 5.74) is 7.90. The van der Waals surface area contributed by atoms with Gasteiger partial charge >= 0.3 is 0 Å². The number of nitrogens with two attached hydrogens (primary N) is 1. The van der Waals surface area contributed by atoms with E-state index < -0.39 is 0 Å². The van der Waals surface area contributed by atoms with Crippen LogP contribution in [0, 0.1) is 12.8 Å². The summed E-state index contributed by atoms with van der Waals surface area (Å²) in [5, 5.41) is 0. The number of benzene rings is 1. The summed E-state index contributed by atoms with van der Waals surface area (Å²) in [7, 11) is 0. The van der Waals surface area contributed by atoms with Crippen LogP contribution in [0.4, 0.5) is 5.69 Å². The van der Waals surface area contributed by atoms with Gasteiger partial charge in [0.25, 0.3) is 0 Å². The fraction of sp³-hybridized carbons (Fsp3) is 0.588. The van der Waals surface area contributed by atoms with Gasteiger partial charge in [0.1, 0.15) is 0 Å². The summed E-state index contributed by atoms with van der Waals surface area (Å²) in [6, 6.07) is 8.08. The molecule has 116 valence electrons. The predicted molar refractivity (Wildman–Crippen MR) is 87.4 cm³/mol. The molecule has 1 aromatic rings. The fourth-order valence-corrected chi connectivity index (χ4v) is 3.00. The highest BCUT2D eigenvalue weighted by Gasteiger charge is 2.22. The molecule has 0 unspecified atom stereocenters. The Morgan fingerprint density at radius 2 is 2.00 bits per heavy atom. The summed E-state index contributed by atoms with van der Waals surface area (Å²) in [4.78, 5) is 16.8. The first-order valence-corrected chi connectivity index (χ1v) is 7.94. The summed E-state index contributed by atoms with van der Waals surface area (Å²) < 4.78 is 0. The van der Waals surface area contributed by atoms with E-state index >= 15 is 0 Å². The van der Waals surface area contributed by atoms with Crippen LogP contribution in [0.25, 0.3) is 0 Å². The van der Waals surface area contributed by atoms with E-state index in [1.54, 1.807) is 0 Å². The molecule has 0 bridgehead atoms. The number of carbonyl (C=O) groups is 1. The molecule has 4 heteroatoms. The molecule has 1 saturated heterocycles. The Morgan fingerprint density at radius 3 is 2.57 bits per heavy atom. The highest BCUT2D eigenvalue weighted by molar-refractivity contribution is 5.95. The zero-order chi connectivity index (χ0) is 15.2. The average Bonchev–Trinajstić information content (AvgIpc) is 2.50. The lowest BCUT2D eigenvalue weighted by atomic mass is 9.97. The van der Waals surface area contributed by atoms with Crippen molar-refractivity contribution in [1.29, 1.82) is 0 Å². The second kappa shape index (κ2) is 7.57. The number of likely N-dealkylation sites (tertiary alicyclic amines) is 1. The normalized spacial score (nSPS) is 16.9. The van der Waals surface area contributed by atoms with E-state index in [-0.39, 0.29) is 5.91 Å². The average molecular weight is 289 g/mol. The van der Waals surface area contributed by atoms with Crippen LogP contribution in [0.2, 0.25) is 0 Å². The number of para-hydroxylation sites is 1. The molecule has 1 fully saturated rings. The standard InChI is InChI=1S/C17H27N3O/c1-3-20(16-7-5-4-6-14(16)2)17(21)13-19-10-8-15(12-18)9-11-19/h4-7,15H,3,8-13,18H2,1-2H3. The van der Waals surface area contributed by atoms with Crippen LogP contribution in [-0.2, 0) is 4.79 Å². The lowest BCUT2D eigenvalue weighted by molar-refractivity contribution is -0.120. The molecule has 1 heterocycles. The van der Waals surface area contributed by atoms with E-state index in [1.807, 2.05) is 30.0 Å². The minimum absolute atomic E-state index is 0.193. The third kappa shape index (κ3) is 4.05. The third-order valence-corrected chi connectivity index (χ3v) is 4.42. The monoisotopic (exact) mass is 289 g/mol. The summed E-state index contributed by atoms with van der Waals surface area (Å²) in [6.07, 6.45) is 2.22. The van der Waals surface area contributed by atoms with E-state index in [2.05, 4.69) is 17.9 Å². The number of amides is 1. The Labute approximate surface area is 127 Å². The SMILES string of the molecule is CCN(C(=O)CN1CCC(CN)CC1)c1ccccc1C. The van der Waals surface area contributed by atoms with Crippen molar-refractivity contribution in [3.63, 3.8) is 0 Å². The number of aryl methyl sites for hydroxylation is 1. The van der Waals surface area contributed by atoms with Crippen molar-refractivity contribution in [1.82, 2.24) is 4.90 Å². The Balaban J connectivity index is 1.97. The smallest absolute Gasteiger partial charge is 0.241 e. The van der Waals surface area contributed by atoms with Gasteiger partial charge in [0.15, 0.2) is 0 Å². The van der Waals surface area contributed by atoms with Crippen molar-refractivity contribution in [2.75, 3.05) is 37.6 Å². The van der Waals surface area contributed by atoms with Crippen LogP contribution in [0.15, 0.2) is 24.3 Å². The van der Waals surface area contributed by atoms with Gasteiger partial charge in [-0.15, -0.1) is 0 Å². The van der Waals surface area contributed by atoms with Crippen LogP contribution in [-0.4, -0.2) is 43.5 Å². The zero-order valence-electron chi connectivity index (χ0n) is 13.2. The molecule has 0 radical (unpaired) electrons. The van der Waals surface area contributed by atoms with Gasteiger partial charge in [0.2, 0.25) is 5.91 Å². The number of likely N-dealkylation sites (N-methyl/N-ethyl adjacent to an activating group) is 1. The van der Waals surface area contributed by atoms with Gasteiger partial charge in [-0.05, 0) is 63.9 Å². The highest BCUT2D eigenvalue weighted by Crippen LogP contribution is 2.20. The first-order valence-electron chi connectivity index (χ1n) is 7.94. The number of nitrogens with zero attached hydrogens (tertiary/aromatic N) is 2. The maximum atomic E-state index is 12.6. The van der Waals surface area contributed by atoms with Crippen LogP contribution >= 0.6 is 0 Å². The molecule has 0 saturated carbocycles. The van der Waals surface area contributed by atoms with Gasteiger partial charge in [-0.3, -0.25) is 9.69 Å². The Morgan fingerprint density at radius 1 is 1.33 bits per heavy atom. The maximum absolute atomic E-state index is 12.6. The van der Waals surface area contributed by atoms with E-state index in [9.17, 15) is 4.79 Å². The van der Waals surface area contributed by atoms with E-state index in [4.69, 9.17) is 5.73 Å². The molecule has 2 rings (SSSR count). The summed E-state index contributed by atoms with van der Waals surface area (Å²) >= 11 is 0. The third-order valence-electron chi connectivity index (χ3n) is 4.42. The molecule has 0 aromatic heterocycles. The van der Waals surface area contributed by atoms with Gasteiger partial charge in [0, 0.05) is 12.2 Å². The van der Waals surface area contributed by atoms with Crippen LogP contribution in [0.5, 0.6) is 0 Å². The predicted octanol–water partition coefficient (Wildman–Crippen LogP) is 2.02. The van der Waals surface area contributed by atoms with Crippen LogP contribution < -0.4 is 10.6 Å². The van der Waals surface area contributed by atoms with Gasteiger partial charge in [0.05, 0.1) is 6.54 Å². The summed E-state index contributed by atoms with van der Waals surface area (Å²) in [6.45, 7) is 8.05. The topological polar surface area (TPSA) is 49.6 Å². The molecule has 21 heavy (non-hydrogen) atoms. The molecule has 1 amide bonds. The van der Waals surface area contributed by atoms with Crippen LogP contribution in [0.1, 0.15) is 25.3 Å². The molecule has 1 aromatic carbocycles. The van der Waals surface area contributed by atoms with Crippen molar-refractivity contribution in [2.24, 2.45) is 11.7 Å². The number of rotatable bonds is 5. The van der Waals surface area contributed by atoms with Gasteiger partial charge in [-0.1, -0.05) is 18.2 Å². The maximum Gasteiger partial charge on any atom is 0.241 e. The molecule has 1 aliphatic rings. The molecule has 4 nitrogen and oxygen atoms in total. The second-order valence-corrected chi connectivity index (χ2v) is 5.88. The Kier molecular flexibility index (Phi) is 5.76. The van der Waals surface area contributed by atoms with Gasteiger partial charge < -0.3 is 10.6 Å². The number of hydrogen-bond donors (Lipinski definition) is 1. The molecule has 0 spiro atoms. The molecular formula is C17H27N3O. The minimum atomic E-state index is 0.193. The zero-order valence-corrected chi connectivity index (χ0v) is 13.2. The largest absolute Gasteiger partial charge is 0.330 e. The van der Waals surface area contributed by atoms with Crippen molar-refractivity contribution in [3.8, 4) is 0 Å². The van der Waals surface area contributed by atoms with E-state index in [0.717, 1.165) is 43.7 Å². The highest BCUT2D eigenvalue weighted by atomic mass is 16.2. The van der Waals surface area contributed by atoms with Gasteiger partial charge in [-0.2, -0.15) is 0 Å². The Hall–Kier alpha value is -1.39. The van der Waals surface area contributed by atoms with Crippen molar-refractivity contribution in [2.45, 2.75) is 26.7 Å². The summed E-state index contributed by atoms with van der Waals surface area (Å²) in [5.74, 6) is 0.827. The first kappa shape index (κ1) is 16.0. The second-order valence-electron chi connectivity index (χ2n) is 5.88. The van der Waals surface area contributed by atoms with Crippen molar-refractivity contribution >= 4 is 11.6 Å². The molecule has 1 aliphatic heterocycles. The van der Waals surface area contributed by atoms with Crippen molar-refractivity contribution in [3.05, 3.63) is 29.8 Å². The Bertz CT molecular complexity index is 467. The van der Waals surface area contributed by atoms with Crippen LogP contribution in [0.3, 0.4) is 0 Å². The molecular weight excluding hydrogens is 262 g/mol. The lowest BCUT2D eigenvalue weighted by Crippen LogP contribution is -2.44. The van der Waals surface area contributed by atoms with Crippen molar-refractivity contribution < 1.29 is 4.79 Å². The number of hydrogen-bond acceptors (Lipinski definition) is 3. The lowest BCUT2D eigenvalue weighted by Gasteiger charge is -2.32. The molecule has 0 atom stereocenters. The first-order chi connectivity index (χ1) is 10.2. The van der Waals surface area contributed by atoms with E-state index in [0.29, 0.717) is 19.0 Å². The number of piperidine rings is 1.